The van der Waals surface area contributed by atoms with Crippen LogP contribution in [0.1, 0.15) is 20.8 Å². The van der Waals surface area contributed by atoms with Crippen LogP contribution in [0.3, 0.4) is 0 Å². The molecule has 0 amide bonds. The van der Waals surface area contributed by atoms with Gasteiger partial charge in [-0.05, 0) is 20.8 Å². The van der Waals surface area contributed by atoms with Crippen molar-refractivity contribution in [2.75, 3.05) is 0 Å². The molecule has 0 bridgehead atoms. The van der Waals surface area contributed by atoms with Gasteiger partial charge in [0, 0.05) is 35.6 Å². The number of hydrogen-bond acceptors (Lipinski definition) is 6. The summed E-state index contributed by atoms with van der Waals surface area (Å²) in [4.78, 5) is 28.3. The summed E-state index contributed by atoms with van der Waals surface area (Å²) in [6, 6.07) is 0. The van der Waals surface area contributed by atoms with E-state index in [-0.39, 0.29) is 35.6 Å². The molecule has 1 radical (unpaired) electrons. The average molecular weight is 409 g/mol. The maximum Gasteiger partial charge on any atom is 0.332 e. The van der Waals surface area contributed by atoms with E-state index in [2.05, 4.69) is 0 Å². The molecule has 111 valence electrons. The number of carbonyl (C=O) groups is 3. The van der Waals surface area contributed by atoms with Crippen molar-refractivity contribution in [2.24, 2.45) is 0 Å². The monoisotopic (exact) mass is 409 g/mol. The van der Waals surface area contributed by atoms with E-state index < -0.39 is 36.2 Å². The molecule has 3 unspecified atom stereocenters. The number of aliphatic hydroxyl groups is 3. The zero-order chi connectivity index (χ0) is 15.5. The number of aliphatic carboxylic acids is 3. The molecule has 3 atom stereocenters. The Hall–Kier alpha value is -0.515. The standard InChI is InChI=1S/3C3H6O3.La/c3*1-2(4)3(5)6;/h3*2,4H,1H3,(H,5,6);. The molecule has 10 heteroatoms. The van der Waals surface area contributed by atoms with E-state index in [0.29, 0.717) is 0 Å². The number of carboxylic acids is 3. The Morgan fingerprint density at radius 3 is 0.684 bits per heavy atom. The quantitative estimate of drug-likeness (QED) is 0.320. The maximum absolute atomic E-state index is 9.45. The van der Waals surface area contributed by atoms with E-state index in [0.717, 1.165) is 0 Å². The minimum absolute atomic E-state index is 0. The van der Waals surface area contributed by atoms with E-state index >= 15 is 0 Å². The van der Waals surface area contributed by atoms with Gasteiger partial charge in [-0.3, -0.25) is 0 Å². The summed E-state index contributed by atoms with van der Waals surface area (Å²) in [5, 5.41) is 47.3. The summed E-state index contributed by atoms with van der Waals surface area (Å²) < 4.78 is 0. The SMILES string of the molecule is CC(O)C(=O)O.CC(O)C(=O)O.CC(O)C(=O)O.[La]. The molecule has 0 spiro atoms. The zero-order valence-corrected chi connectivity index (χ0v) is 14.3. The zero-order valence-electron chi connectivity index (χ0n) is 10.7. The molecule has 0 aromatic carbocycles. The van der Waals surface area contributed by atoms with Crippen molar-refractivity contribution in [2.45, 2.75) is 39.1 Å². The molecule has 0 aromatic heterocycles. The van der Waals surface area contributed by atoms with E-state index in [4.69, 9.17) is 30.6 Å². The first-order valence-corrected chi connectivity index (χ1v) is 4.66. The van der Waals surface area contributed by atoms with Crippen LogP contribution < -0.4 is 0 Å². The molecule has 19 heavy (non-hydrogen) atoms. The van der Waals surface area contributed by atoms with Crippen molar-refractivity contribution in [1.82, 2.24) is 0 Å². The van der Waals surface area contributed by atoms with Crippen molar-refractivity contribution < 1.29 is 80.6 Å². The van der Waals surface area contributed by atoms with Gasteiger partial charge in [0.15, 0.2) is 0 Å². The number of rotatable bonds is 3. The molecule has 0 aliphatic rings. The Labute approximate surface area is 137 Å². The van der Waals surface area contributed by atoms with E-state index in [1.54, 1.807) is 0 Å². The van der Waals surface area contributed by atoms with Crippen LogP contribution in [0, 0.1) is 35.6 Å². The Morgan fingerprint density at radius 1 is 0.632 bits per heavy atom. The van der Waals surface area contributed by atoms with Gasteiger partial charge >= 0.3 is 17.9 Å². The fourth-order valence-electron chi connectivity index (χ4n) is 0. The van der Waals surface area contributed by atoms with Gasteiger partial charge in [-0.15, -0.1) is 0 Å². The number of aliphatic hydroxyl groups excluding tert-OH is 3. The van der Waals surface area contributed by atoms with Crippen LogP contribution in [0.2, 0.25) is 0 Å². The third-order valence-electron chi connectivity index (χ3n) is 1.07. The van der Waals surface area contributed by atoms with Crippen LogP contribution in [0.15, 0.2) is 0 Å². The fraction of sp³-hybridized carbons (Fsp3) is 0.667. The smallest absolute Gasteiger partial charge is 0.332 e. The largest absolute Gasteiger partial charge is 0.479 e. The van der Waals surface area contributed by atoms with Crippen LogP contribution in [0.25, 0.3) is 0 Å². The molecule has 0 aliphatic heterocycles. The molecule has 6 N–H and O–H groups in total. The fourth-order valence-corrected chi connectivity index (χ4v) is 0. The van der Waals surface area contributed by atoms with Crippen molar-refractivity contribution in [3.8, 4) is 0 Å². The first-order valence-electron chi connectivity index (χ1n) is 4.66. The first-order chi connectivity index (χ1) is 7.93. The second-order valence-electron chi connectivity index (χ2n) is 3.04. The van der Waals surface area contributed by atoms with Crippen molar-refractivity contribution in [1.29, 1.82) is 0 Å². The maximum atomic E-state index is 9.45. The second kappa shape index (κ2) is 15.5. The van der Waals surface area contributed by atoms with Gasteiger partial charge in [0.1, 0.15) is 18.3 Å². The van der Waals surface area contributed by atoms with Crippen molar-refractivity contribution in [3.05, 3.63) is 0 Å². The van der Waals surface area contributed by atoms with Gasteiger partial charge in [0.2, 0.25) is 0 Å². The minimum Gasteiger partial charge on any atom is -0.479 e. The first kappa shape index (κ1) is 26.9. The van der Waals surface area contributed by atoms with Crippen LogP contribution in [-0.4, -0.2) is 66.9 Å². The Balaban J connectivity index is -0.0000000865. The van der Waals surface area contributed by atoms with Gasteiger partial charge < -0.3 is 30.6 Å². The molecule has 9 nitrogen and oxygen atoms in total. The molecule has 0 rings (SSSR count). The molecule has 0 aromatic rings. The third kappa shape index (κ3) is 31.8. The average Bonchev–Trinajstić information content (AvgIpc) is 2.18. The summed E-state index contributed by atoms with van der Waals surface area (Å²) in [6.45, 7) is 3.59. The molecule has 0 aliphatic carbocycles. The third-order valence-corrected chi connectivity index (χ3v) is 1.07. The Kier molecular flexibility index (Phi) is 22.0. The predicted octanol–water partition coefficient (Wildman–Crippen LogP) is -1.64. The molecule has 0 saturated carbocycles. The Morgan fingerprint density at radius 2 is 0.684 bits per heavy atom. The molecular weight excluding hydrogens is 391 g/mol. The van der Waals surface area contributed by atoms with Crippen LogP contribution in [-0.2, 0) is 14.4 Å². The normalized spacial score (nSPS) is 12.9. The number of carboxylic acid groups (broad SMARTS) is 3. The van der Waals surface area contributed by atoms with Gasteiger partial charge in [-0.25, -0.2) is 14.4 Å². The van der Waals surface area contributed by atoms with Gasteiger partial charge in [-0.2, -0.15) is 0 Å². The van der Waals surface area contributed by atoms with Crippen LogP contribution in [0.4, 0.5) is 0 Å². The topological polar surface area (TPSA) is 173 Å². The van der Waals surface area contributed by atoms with Crippen LogP contribution >= 0.6 is 0 Å². The summed E-state index contributed by atoms with van der Waals surface area (Å²) in [7, 11) is 0. The minimum atomic E-state index is -1.23. The molecule has 0 heterocycles. The molecule has 0 fully saturated rings. The van der Waals surface area contributed by atoms with E-state index in [1.807, 2.05) is 0 Å². The number of hydrogen-bond donors (Lipinski definition) is 6. The summed E-state index contributed by atoms with van der Waals surface area (Å²) >= 11 is 0. The summed E-state index contributed by atoms with van der Waals surface area (Å²) in [5.74, 6) is -3.56. The van der Waals surface area contributed by atoms with Gasteiger partial charge in [0.05, 0.1) is 0 Å². The molecule has 0 saturated heterocycles. The van der Waals surface area contributed by atoms with Crippen LogP contribution in [0.5, 0.6) is 0 Å². The summed E-state index contributed by atoms with van der Waals surface area (Å²) in [5.41, 5.74) is 0. The second-order valence-corrected chi connectivity index (χ2v) is 3.04. The summed E-state index contributed by atoms with van der Waals surface area (Å²) in [6.07, 6.45) is -3.69. The predicted molar refractivity (Wildman–Crippen MR) is 57.9 cm³/mol. The van der Waals surface area contributed by atoms with Crippen molar-refractivity contribution >= 4 is 17.9 Å². The van der Waals surface area contributed by atoms with Crippen molar-refractivity contribution in [3.63, 3.8) is 0 Å². The van der Waals surface area contributed by atoms with Gasteiger partial charge in [0.25, 0.3) is 0 Å². The Bertz CT molecular complexity index is 220. The van der Waals surface area contributed by atoms with E-state index in [1.165, 1.54) is 20.8 Å². The van der Waals surface area contributed by atoms with E-state index in [9.17, 15) is 14.4 Å². The van der Waals surface area contributed by atoms with Gasteiger partial charge in [-0.1, -0.05) is 0 Å². The molecular formula is C9H18LaO9.